The Bertz CT molecular complexity index is 905. The fraction of sp³-hybridized carbons (Fsp3) is 0.300. The Kier molecular flexibility index (Phi) is 3.83. The highest BCUT2D eigenvalue weighted by Gasteiger charge is 2.56. The predicted molar refractivity (Wildman–Crippen MR) is 93.0 cm³/mol. The summed E-state index contributed by atoms with van der Waals surface area (Å²) in [5.74, 6) is -0.424. The molecule has 2 aliphatic rings. The van der Waals surface area contributed by atoms with Crippen molar-refractivity contribution in [3.05, 3.63) is 75.3 Å². The number of nitro groups is 1. The van der Waals surface area contributed by atoms with Crippen molar-refractivity contribution >= 4 is 17.4 Å². The number of ether oxygens (including phenoxy) is 1. The molecule has 2 aromatic carbocycles. The summed E-state index contributed by atoms with van der Waals surface area (Å²) in [7, 11) is 0. The smallest absolute Gasteiger partial charge is 0.338 e. The Hall–Kier alpha value is -3.02. The molecular formula is C20H17NO5. The zero-order chi connectivity index (χ0) is 18.3. The summed E-state index contributed by atoms with van der Waals surface area (Å²) in [5, 5.41) is 10.7. The highest BCUT2D eigenvalue weighted by molar-refractivity contribution is 5.96. The van der Waals surface area contributed by atoms with E-state index in [-0.39, 0.29) is 17.0 Å². The second kappa shape index (κ2) is 6.05. The van der Waals surface area contributed by atoms with Crippen molar-refractivity contribution in [1.82, 2.24) is 0 Å². The van der Waals surface area contributed by atoms with Crippen molar-refractivity contribution in [3.63, 3.8) is 0 Å². The minimum atomic E-state index is -0.743. The van der Waals surface area contributed by atoms with Gasteiger partial charge in [-0.15, -0.1) is 0 Å². The zero-order valence-corrected chi connectivity index (χ0v) is 14.0. The lowest BCUT2D eigenvalue weighted by molar-refractivity contribution is -0.384. The maximum Gasteiger partial charge on any atom is 0.338 e. The lowest BCUT2D eigenvalue weighted by atomic mass is 9.77. The molecule has 1 saturated carbocycles. The Labute approximate surface area is 149 Å². The standard InChI is InChI=1S/C20H17NO5/c22-17-9-10-18(20(17)12-11-13-3-1-2-4-16(13)20)26-19(23)14-5-7-15(8-6-14)21(24)25/h1-8,18H,9-12H2/t18-,20-/m0/s1. The van der Waals surface area contributed by atoms with Crippen molar-refractivity contribution < 1.29 is 19.2 Å². The molecule has 1 fully saturated rings. The second-order valence-corrected chi connectivity index (χ2v) is 6.79. The van der Waals surface area contributed by atoms with Gasteiger partial charge in [0.05, 0.1) is 15.9 Å². The highest BCUT2D eigenvalue weighted by atomic mass is 16.6. The lowest BCUT2D eigenvalue weighted by Gasteiger charge is -2.30. The van der Waals surface area contributed by atoms with Crippen LogP contribution in [0.3, 0.4) is 0 Å². The van der Waals surface area contributed by atoms with Gasteiger partial charge in [-0.3, -0.25) is 14.9 Å². The van der Waals surface area contributed by atoms with Gasteiger partial charge in [0.25, 0.3) is 5.69 Å². The number of aryl methyl sites for hydroxylation is 1. The molecule has 6 nitrogen and oxygen atoms in total. The van der Waals surface area contributed by atoms with E-state index in [0.29, 0.717) is 19.3 Å². The summed E-state index contributed by atoms with van der Waals surface area (Å²) in [6.45, 7) is 0. The average molecular weight is 351 g/mol. The molecule has 0 bridgehead atoms. The van der Waals surface area contributed by atoms with Crippen LogP contribution in [0.4, 0.5) is 5.69 Å². The number of carbonyl (C=O) groups is 2. The number of rotatable bonds is 3. The van der Waals surface area contributed by atoms with Crippen LogP contribution in [0.2, 0.25) is 0 Å². The molecule has 6 heteroatoms. The van der Waals surface area contributed by atoms with Gasteiger partial charge in [-0.05, 0) is 42.5 Å². The van der Waals surface area contributed by atoms with Gasteiger partial charge >= 0.3 is 5.97 Å². The Morgan fingerprint density at radius 2 is 1.85 bits per heavy atom. The fourth-order valence-electron chi connectivity index (χ4n) is 4.25. The maximum absolute atomic E-state index is 12.7. The van der Waals surface area contributed by atoms with Gasteiger partial charge in [0.2, 0.25) is 0 Å². The predicted octanol–water partition coefficient (Wildman–Crippen LogP) is 3.37. The van der Waals surface area contributed by atoms with Crippen LogP contribution in [-0.2, 0) is 21.4 Å². The third-order valence-electron chi connectivity index (χ3n) is 5.53. The Morgan fingerprint density at radius 3 is 2.58 bits per heavy atom. The van der Waals surface area contributed by atoms with Gasteiger partial charge in [-0.25, -0.2) is 4.79 Å². The molecule has 2 atom stereocenters. The molecule has 2 aliphatic carbocycles. The van der Waals surface area contributed by atoms with Gasteiger partial charge < -0.3 is 4.74 Å². The first-order valence-electron chi connectivity index (χ1n) is 8.59. The Balaban J connectivity index is 1.61. The normalized spacial score (nSPS) is 23.8. The van der Waals surface area contributed by atoms with Crippen LogP contribution in [0.5, 0.6) is 0 Å². The van der Waals surface area contributed by atoms with Gasteiger partial charge in [-0.2, -0.15) is 0 Å². The van der Waals surface area contributed by atoms with Crippen molar-refractivity contribution in [3.8, 4) is 0 Å². The van der Waals surface area contributed by atoms with E-state index >= 15 is 0 Å². The van der Waals surface area contributed by atoms with Gasteiger partial charge in [0.15, 0.2) is 0 Å². The zero-order valence-electron chi connectivity index (χ0n) is 14.0. The molecule has 0 radical (unpaired) electrons. The number of esters is 1. The molecule has 132 valence electrons. The number of hydrogen-bond acceptors (Lipinski definition) is 5. The SMILES string of the molecule is O=C(O[C@H]1CCC(=O)[C@@]12CCc1ccccc12)c1ccc([N+](=O)[O-])cc1. The van der Waals surface area contributed by atoms with Crippen molar-refractivity contribution in [2.24, 2.45) is 0 Å². The summed E-state index contributed by atoms with van der Waals surface area (Å²) in [5.41, 5.74) is 1.53. The summed E-state index contributed by atoms with van der Waals surface area (Å²) in [6, 6.07) is 13.2. The number of fused-ring (bicyclic) bond motifs is 2. The topological polar surface area (TPSA) is 86.5 Å². The van der Waals surface area contributed by atoms with E-state index in [1.807, 2.05) is 24.3 Å². The molecule has 0 aliphatic heterocycles. The number of Topliss-reactive ketones (excluding diaryl/α,β-unsaturated/α-hetero) is 1. The number of benzene rings is 2. The Morgan fingerprint density at radius 1 is 1.12 bits per heavy atom. The van der Waals surface area contributed by atoms with Crippen LogP contribution in [0.1, 0.15) is 40.7 Å². The van der Waals surface area contributed by atoms with E-state index in [1.54, 1.807) is 0 Å². The third kappa shape index (κ3) is 2.41. The number of nitro benzene ring substituents is 1. The highest BCUT2D eigenvalue weighted by Crippen LogP contribution is 2.49. The number of hydrogen-bond donors (Lipinski definition) is 0. The first-order valence-corrected chi connectivity index (χ1v) is 8.59. The molecule has 1 spiro atoms. The molecule has 0 N–H and O–H groups in total. The third-order valence-corrected chi connectivity index (χ3v) is 5.53. The first-order chi connectivity index (χ1) is 12.5. The van der Waals surface area contributed by atoms with Gasteiger partial charge in [-0.1, -0.05) is 24.3 Å². The van der Waals surface area contributed by atoms with Crippen molar-refractivity contribution in [1.29, 1.82) is 0 Å². The molecule has 2 aromatic rings. The molecule has 0 unspecified atom stereocenters. The van der Waals surface area contributed by atoms with Crippen LogP contribution in [0, 0.1) is 10.1 Å². The van der Waals surface area contributed by atoms with E-state index in [2.05, 4.69) is 0 Å². The lowest BCUT2D eigenvalue weighted by Crippen LogP contribution is -2.41. The van der Waals surface area contributed by atoms with Crippen LogP contribution in [0.15, 0.2) is 48.5 Å². The average Bonchev–Trinajstić information content (AvgIpc) is 3.19. The van der Waals surface area contributed by atoms with E-state index in [0.717, 1.165) is 17.5 Å². The van der Waals surface area contributed by atoms with E-state index < -0.39 is 22.4 Å². The van der Waals surface area contributed by atoms with Gasteiger partial charge in [0.1, 0.15) is 11.9 Å². The summed E-state index contributed by atoms with van der Waals surface area (Å²) < 4.78 is 5.73. The van der Waals surface area contributed by atoms with Crippen molar-refractivity contribution in [2.45, 2.75) is 37.2 Å². The molecule has 26 heavy (non-hydrogen) atoms. The number of ketones is 1. The monoisotopic (exact) mass is 351 g/mol. The van der Waals surface area contributed by atoms with Gasteiger partial charge in [0, 0.05) is 18.6 Å². The first kappa shape index (κ1) is 16.4. The summed E-state index contributed by atoms with van der Waals surface area (Å²) >= 11 is 0. The van der Waals surface area contributed by atoms with Crippen LogP contribution in [-0.4, -0.2) is 22.8 Å². The maximum atomic E-state index is 12.7. The molecule has 0 aromatic heterocycles. The fourth-order valence-corrected chi connectivity index (χ4v) is 4.25. The summed E-state index contributed by atoms with van der Waals surface area (Å²) in [4.78, 5) is 35.5. The van der Waals surface area contributed by atoms with E-state index in [4.69, 9.17) is 4.74 Å². The minimum Gasteiger partial charge on any atom is -0.457 e. The molecule has 0 saturated heterocycles. The van der Waals surface area contributed by atoms with Crippen LogP contribution >= 0.6 is 0 Å². The van der Waals surface area contributed by atoms with E-state index in [1.165, 1.54) is 24.3 Å². The van der Waals surface area contributed by atoms with Crippen LogP contribution < -0.4 is 0 Å². The van der Waals surface area contributed by atoms with E-state index in [9.17, 15) is 19.7 Å². The summed E-state index contributed by atoms with van der Waals surface area (Å²) in [6.07, 6.45) is 1.86. The molecule has 4 rings (SSSR count). The van der Waals surface area contributed by atoms with Crippen LogP contribution in [0.25, 0.3) is 0 Å². The number of non-ortho nitro benzene ring substituents is 1. The number of carbonyl (C=O) groups excluding carboxylic acids is 2. The second-order valence-electron chi connectivity index (χ2n) is 6.79. The molecule has 0 amide bonds. The quantitative estimate of drug-likeness (QED) is 0.481. The molecule has 0 heterocycles. The van der Waals surface area contributed by atoms with Crippen molar-refractivity contribution in [2.75, 3.05) is 0 Å². The number of nitrogens with zero attached hydrogens (tertiary/aromatic N) is 1. The largest absolute Gasteiger partial charge is 0.457 e. The molecular weight excluding hydrogens is 334 g/mol. The minimum absolute atomic E-state index is 0.0845.